The van der Waals surface area contributed by atoms with Crippen LogP contribution in [0.1, 0.15) is 29.2 Å². The highest BCUT2D eigenvalue weighted by molar-refractivity contribution is 7.99. The molecule has 1 N–H and O–H groups in total. The Morgan fingerprint density at radius 2 is 1.90 bits per heavy atom. The van der Waals surface area contributed by atoms with Gasteiger partial charge in [0, 0.05) is 11.9 Å². The van der Waals surface area contributed by atoms with E-state index in [0.29, 0.717) is 12.3 Å². The minimum atomic E-state index is -0.0169. The van der Waals surface area contributed by atoms with E-state index in [1.165, 1.54) is 28.5 Å². The lowest BCUT2D eigenvalue weighted by Crippen LogP contribution is -2.24. The lowest BCUT2D eigenvalue weighted by molar-refractivity contribution is -0.118. The maximum Gasteiger partial charge on any atom is 0.231 e. The summed E-state index contributed by atoms with van der Waals surface area (Å²) < 4.78 is 10.7. The number of nitrogens with zero attached hydrogens (tertiary/aromatic N) is 1. The van der Waals surface area contributed by atoms with Crippen molar-refractivity contribution in [3.63, 3.8) is 0 Å². The fraction of sp³-hybridized carbons (Fsp3) is 0.304. The molecule has 29 heavy (non-hydrogen) atoms. The highest BCUT2D eigenvalue weighted by atomic mass is 32.2. The van der Waals surface area contributed by atoms with Crippen molar-refractivity contribution in [1.29, 1.82) is 0 Å². The summed E-state index contributed by atoms with van der Waals surface area (Å²) in [5.41, 5.74) is 5.63. The SMILES string of the molecule is CCc1cc2cc(C)c(C)cc2nc1SCC(=O)NCc1ccc2c(c1)OCO2. The van der Waals surface area contributed by atoms with Crippen molar-refractivity contribution < 1.29 is 14.3 Å². The smallest absolute Gasteiger partial charge is 0.231 e. The standard InChI is InChI=1S/C23H24N2O3S/c1-4-17-10-18-7-14(2)15(3)8-19(18)25-23(17)29-12-22(26)24-11-16-5-6-20-21(9-16)28-13-27-20/h5-10H,4,11-13H2,1-3H3,(H,24,26). The van der Waals surface area contributed by atoms with Gasteiger partial charge in [0.1, 0.15) is 5.03 Å². The molecule has 0 aliphatic carbocycles. The summed E-state index contributed by atoms with van der Waals surface area (Å²) in [5.74, 6) is 1.79. The first-order chi connectivity index (χ1) is 14.0. The van der Waals surface area contributed by atoms with Crippen molar-refractivity contribution in [3.05, 3.63) is 58.7 Å². The molecule has 0 unspecified atom stereocenters. The molecule has 0 saturated carbocycles. The third kappa shape index (κ3) is 4.32. The quantitative estimate of drug-likeness (QED) is 0.606. The van der Waals surface area contributed by atoms with Gasteiger partial charge in [-0.3, -0.25) is 4.79 Å². The van der Waals surface area contributed by atoms with E-state index in [0.717, 1.165) is 39.4 Å². The predicted octanol–water partition coefficient (Wildman–Crippen LogP) is 4.55. The Hall–Kier alpha value is -2.73. The number of aromatic nitrogens is 1. The number of hydrogen-bond donors (Lipinski definition) is 1. The minimum Gasteiger partial charge on any atom is -0.454 e. The maximum atomic E-state index is 12.4. The molecule has 6 heteroatoms. The Balaban J connectivity index is 1.40. The number of carbonyl (C=O) groups is 1. The maximum absolute atomic E-state index is 12.4. The summed E-state index contributed by atoms with van der Waals surface area (Å²) in [6, 6.07) is 12.2. The van der Waals surface area contributed by atoms with Crippen LogP contribution in [-0.2, 0) is 17.8 Å². The molecule has 4 rings (SSSR count). The first-order valence-corrected chi connectivity index (χ1v) is 10.7. The summed E-state index contributed by atoms with van der Waals surface area (Å²) in [5, 5.41) is 5.05. The fourth-order valence-electron chi connectivity index (χ4n) is 3.28. The highest BCUT2D eigenvalue weighted by Gasteiger charge is 2.14. The van der Waals surface area contributed by atoms with E-state index >= 15 is 0 Å². The molecular weight excluding hydrogens is 384 g/mol. The van der Waals surface area contributed by atoms with Crippen LogP contribution in [0, 0.1) is 13.8 Å². The molecule has 5 nitrogen and oxygen atoms in total. The second-order valence-corrected chi connectivity index (χ2v) is 8.15. The Morgan fingerprint density at radius 3 is 2.72 bits per heavy atom. The van der Waals surface area contributed by atoms with Gasteiger partial charge in [-0.15, -0.1) is 0 Å². The average molecular weight is 409 g/mol. The van der Waals surface area contributed by atoms with Crippen LogP contribution < -0.4 is 14.8 Å². The van der Waals surface area contributed by atoms with Crippen molar-refractivity contribution in [3.8, 4) is 11.5 Å². The second-order valence-electron chi connectivity index (χ2n) is 7.19. The van der Waals surface area contributed by atoms with Gasteiger partial charge >= 0.3 is 0 Å². The van der Waals surface area contributed by atoms with E-state index < -0.39 is 0 Å². The largest absolute Gasteiger partial charge is 0.454 e. The first kappa shape index (κ1) is 19.6. The molecule has 0 fully saturated rings. The van der Waals surface area contributed by atoms with Gasteiger partial charge in [0.15, 0.2) is 11.5 Å². The van der Waals surface area contributed by atoms with Crippen molar-refractivity contribution in [2.24, 2.45) is 0 Å². The van der Waals surface area contributed by atoms with Crippen LogP contribution in [0.4, 0.5) is 0 Å². The van der Waals surface area contributed by atoms with Crippen LogP contribution in [0.5, 0.6) is 11.5 Å². The van der Waals surface area contributed by atoms with Crippen LogP contribution in [0.25, 0.3) is 10.9 Å². The third-order valence-electron chi connectivity index (χ3n) is 5.12. The number of rotatable bonds is 6. The Bertz CT molecular complexity index is 1080. The number of amides is 1. The number of pyridine rings is 1. The molecule has 2 aromatic carbocycles. The molecule has 1 aliphatic heterocycles. The zero-order chi connectivity index (χ0) is 20.4. The summed E-state index contributed by atoms with van der Waals surface area (Å²) in [4.78, 5) is 17.2. The van der Waals surface area contributed by atoms with Gasteiger partial charge in [0.2, 0.25) is 12.7 Å². The average Bonchev–Trinajstić information content (AvgIpc) is 3.19. The third-order valence-corrected chi connectivity index (χ3v) is 6.15. The van der Waals surface area contributed by atoms with Crippen LogP contribution in [-0.4, -0.2) is 23.4 Å². The number of nitrogens with one attached hydrogen (secondary N) is 1. The number of fused-ring (bicyclic) bond motifs is 2. The molecule has 0 bridgehead atoms. The van der Waals surface area contributed by atoms with Crippen molar-refractivity contribution in [1.82, 2.24) is 10.3 Å². The van der Waals surface area contributed by atoms with Crippen LogP contribution in [0.3, 0.4) is 0 Å². The second kappa shape index (κ2) is 8.33. The molecular formula is C23H24N2O3S. The number of thioether (sulfide) groups is 1. The lowest BCUT2D eigenvalue weighted by Gasteiger charge is -2.11. The lowest BCUT2D eigenvalue weighted by atomic mass is 10.0. The molecule has 0 spiro atoms. The monoisotopic (exact) mass is 408 g/mol. The van der Waals surface area contributed by atoms with Gasteiger partial charge in [0.25, 0.3) is 0 Å². The van der Waals surface area contributed by atoms with Crippen molar-refractivity contribution in [2.75, 3.05) is 12.5 Å². The van der Waals surface area contributed by atoms with Gasteiger partial charge in [0.05, 0.1) is 11.3 Å². The molecule has 2 heterocycles. The summed E-state index contributed by atoms with van der Waals surface area (Å²) in [6.45, 7) is 7.04. The summed E-state index contributed by atoms with van der Waals surface area (Å²) in [6.07, 6.45) is 0.886. The van der Waals surface area contributed by atoms with Gasteiger partial charge < -0.3 is 14.8 Å². The molecule has 1 aromatic heterocycles. The molecule has 0 atom stereocenters. The molecule has 150 valence electrons. The fourth-order valence-corrected chi connectivity index (χ4v) is 4.20. The van der Waals surface area contributed by atoms with E-state index in [4.69, 9.17) is 14.5 Å². The normalized spacial score (nSPS) is 12.4. The number of aryl methyl sites for hydroxylation is 3. The molecule has 0 saturated heterocycles. The number of hydrogen-bond acceptors (Lipinski definition) is 5. The van der Waals surface area contributed by atoms with E-state index in [-0.39, 0.29) is 12.7 Å². The van der Waals surface area contributed by atoms with E-state index in [1.807, 2.05) is 18.2 Å². The molecule has 1 aliphatic rings. The highest BCUT2D eigenvalue weighted by Crippen LogP contribution is 2.32. The van der Waals surface area contributed by atoms with Gasteiger partial charge in [-0.1, -0.05) is 24.8 Å². The zero-order valence-electron chi connectivity index (χ0n) is 16.9. The minimum absolute atomic E-state index is 0.0169. The van der Waals surface area contributed by atoms with Crippen molar-refractivity contribution in [2.45, 2.75) is 38.8 Å². The summed E-state index contributed by atoms with van der Waals surface area (Å²) >= 11 is 1.49. The topological polar surface area (TPSA) is 60.5 Å². The number of ether oxygens (including phenoxy) is 2. The van der Waals surface area contributed by atoms with Crippen LogP contribution in [0.2, 0.25) is 0 Å². The number of carbonyl (C=O) groups excluding carboxylic acids is 1. The number of benzene rings is 2. The van der Waals surface area contributed by atoms with Crippen LogP contribution >= 0.6 is 11.8 Å². The Morgan fingerprint density at radius 1 is 1.10 bits per heavy atom. The zero-order valence-corrected chi connectivity index (χ0v) is 17.7. The molecule has 1 amide bonds. The van der Waals surface area contributed by atoms with Gasteiger partial charge in [-0.2, -0.15) is 0 Å². The van der Waals surface area contributed by atoms with Gasteiger partial charge in [-0.05, 0) is 72.9 Å². The first-order valence-electron chi connectivity index (χ1n) is 9.72. The summed E-state index contributed by atoms with van der Waals surface area (Å²) in [7, 11) is 0. The van der Waals surface area contributed by atoms with Gasteiger partial charge in [-0.25, -0.2) is 4.98 Å². The van der Waals surface area contributed by atoms with E-state index in [9.17, 15) is 4.79 Å². The van der Waals surface area contributed by atoms with Crippen molar-refractivity contribution >= 4 is 28.6 Å². The molecule has 3 aromatic rings. The Labute approximate surface area is 174 Å². The van der Waals surface area contributed by atoms with E-state index in [1.54, 1.807) is 0 Å². The predicted molar refractivity (Wildman–Crippen MR) is 116 cm³/mol. The van der Waals surface area contributed by atoms with E-state index in [2.05, 4.69) is 44.3 Å². The Kier molecular flexibility index (Phi) is 5.62. The molecule has 0 radical (unpaired) electrons. The van der Waals surface area contributed by atoms with Crippen LogP contribution in [0.15, 0.2) is 41.4 Å².